The van der Waals surface area contributed by atoms with Crippen LogP contribution in [0.15, 0.2) is 22.8 Å². The molecule has 2 fully saturated rings. The fraction of sp³-hybridized carbons (Fsp3) is 0.688. The molecular formula is C16H23BrN2. The van der Waals surface area contributed by atoms with Gasteiger partial charge in [-0.2, -0.15) is 0 Å². The maximum absolute atomic E-state index is 4.59. The van der Waals surface area contributed by atoms with Crippen LogP contribution in [-0.2, 0) is 6.42 Å². The molecule has 3 rings (SSSR count). The molecular weight excluding hydrogens is 300 g/mol. The molecule has 2 saturated carbocycles. The van der Waals surface area contributed by atoms with Crippen molar-refractivity contribution in [2.24, 2.45) is 5.41 Å². The average Bonchev–Trinajstić information content (AvgIpc) is 3.25. The molecule has 19 heavy (non-hydrogen) atoms. The molecule has 0 amide bonds. The summed E-state index contributed by atoms with van der Waals surface area (Å²) in [6.07, 6.45) is 12.8. The van der Waals surface area contributed by atoms with Crippen molar-refractivity contribution in [2.75, 3.05) is 6.54 Å². The lowest BCUT2D eigenvalue weighted by Crippen LogP contribution is -2.39. The minimum absolute atomic E-state index is 0.460. The number of halogens is 1. The van der Waals surface area contributed by atoms with E-state index in [4.69, 9.17) is 0 Å². The molecule has 0 radical (unpaired) electrons. The van der Waals surface area contributed by atoms with Crippen LogP contribution in [0.25, 0.3) is 0 Å². The van der Waals surface area contributed by atoms with E-state index in [2.05, 4.69) is 38.4 Å². The summed E-state index contributed by atoms with van der Waals surface area (Å²) in [4.78, 5) is 4.59. The highest BCUT2D eigenvalue weighted by atomic mass is 79.9. The topological polar surface area (TPSA) is 24.9 Å². The molecule has 3 heteroatoms. The van der Waals surface area contributed by atoms with Crippen molar-refractivity contribution in [3.05, 3.63) is 28.5 Å². The van der Waals surface area contributed by atoms with Gasteiger partial charge in [0.2, 0.25) is 0 Å². The highest BCUT2D eigenvalue weighted by Gasteiger charge is 2.34. The largest absolute Gasteiger partial charge is 0.313 e. The number of pyridine rings is 1. The van der Waals surface area contributed by atoms with E-state index in [1.54, 1.807) is 0 Å². The second kappa shape index (κ2) is 5.92. The van der Waals surface area contributed by atoms with Crippen molar-refractivity contribution in [2.45, 2.75) is 57.4 Å². The van der Waals surface area contributed by atoms with Gasteiger partial charge in [-0.3, -0.25) is 4.98 Å². The number of aromatic nitrogens is 1. The van der Waals surface area contributed by atoms with E-state index in [9.17, 15) is 0 Å². The van der Waals surface area contributed by atoms with Gasteiger partial charge in [0.1, 0.15) is 0 Å². The van der Waals surface area contributed by atoms with Crippen molar-refractivity contribution >= 4 is 15.9 Å². The number of rotatable bonds is 5. The monoisotopic (exact) mass is 322 g/mol. The van der Waals surface area contributed by atoms with Gasteiger partial charge in [-0.25, -0.2) is 0 Å². The Morgan fingerprint density at radius 1 is 1.21 bits per heavy atom. The molecule has 0 aliphatic heterocycles. The predicted octanol–water partition coefficient (Wildman–Crippen LogP) is 4.09. The SMILES string of the molecule is Brc1ccc(CC2(CNC3CC3)CCCCC2)nc1. The van der Waals surface area contributed by atoms with Crippen LogP contribution in [0.4, 0.5) is 0 Å². The van der Waals surface area contributed by atoms with Crippen molar-refractivity contribution in [3.63, 3.8) is 0 Å². The van der Waals surface area contributed by atoms with Gasteiger partial charge in [-0.1, -0.05) is 19.3 Å². The summed E-state index contributed by atoms with van der Waals surface area (Å²) in [6, 6.07) is 5.11. The van der Waals surface area contributed by atoms with Crippen molar-refractivity contribution in [3.8, 4) is 0 Å². The Balaban J connectivity index is 1.68. The first-order chi connectivity index (χ1) is 9.26. The molecule has 0 bridgehead atoms. The molecule has 1 aromatic heterocycles. The van der Waals surface area contributed by atoms with Crippen LogP contribution in [0, 0.1) is 5.41 Å². The summed E-state index contributed by atoms with van der Waals surface area (Å²) in [6.45, 7) is 1.19. The fourth-order valence-corrected chi connectivity index (χ4v) is 3.50. The zero-order chi connectivity index (χ0) is 13.1. The number of nitrogens with zero attached hydrogens (tertiary/aromatic N) is 1. The Bertz CT molecular complexity index is 405. The first-order valence-electron chi connectivity index (χ1n) is 7.60. The average molecular weight is 323 g/mol. The summed E-state index contributed by atoms with van der Waals surface area (Å²) in [5.74, 6) is 0. The maximum atomic E-state index is 4.59. The van der Waals surface area contributed by atoms with E-state index in [1.165, 1.54) is 57.2 Å². The van der Waals surface area contributed by atoms with Crippen LogP contribution in [0.1, 0.15) is 50.6 Å². The second-order valence-electron chi connectivity index (χ2n) is 6.36. The molecule has 0 atom stereocenters. The van der Waals surface area contributed by atoms with Crippen LogP contribution >= 0.6 is 15.9 Å². The van der Waals surface area contributed by atoms with Crippen molar-refractivity contribution < 1.29 is 0 Å². The number of hydrogen-bond acceptors (Lipinski definition) is 2. The third-order valence-corrected chi connectivity index (χ3v) is 5.07. The maximum Gasteiger partial charge on any atom is 0.0413 e. The molecule has 2 nitrogen and oxygen atoms in total. The Morgan fingerprint density at radius 3 is 2.63 bits per heavy atom. The zero-order valence-corrected chi connectivity index (χ0v) is 13.1. The third-order valence-electron chi connectivity index (χ3n) is 4.60. The lowest BCUT2D eigenvalue weighted by molar-refractivity contribution is 0.178. The van der Waals surface area contributed by atoms with E-state index in [0.29, 0.717) is 5.41 Å². The molecule has 1 aromatic rings. The summed E-state index contributed by atoms with van der Waals surface area (Å²) >= 11 is 3.47. The van der Waals surface area contributed by atoms with E-state index < -0.39 is 0 Å². The second-order valence-corrected chi connectivity index (χ2v) is 7.28. The number of hydrogen-bond donors (Lipinski definition) is 1. The molecule has 2 aliphatic rings. The smallest absolute Gasteiger partial charge is 0.0413 e. The Morgan fingerprint density at radius 2 is 2.00 bits per heavy atom. The highest BCUT2D eigenvalue weighted by molar-refractivity contribution is 9.10. The number of nitrogens with one attached hydrogen (secondary N) is 1. The van der Waals surface area contributed by atoms with E-state index in [0.717, 1.165) is 16.9 Å². The summed E-state index contributed by atoms with van der Waals surface area (Å²) in [7, 11) is 0. The summed E-state index contributed by atoms with van der Waals surface area (Å²) < 4.78 is 1.07. The van der Waals surface area contributed by atoms with Crippen molar-refractivity contribution in [1.82, 2.24) is 10.3 Å². The summed E-state index contributed by atoms with van der Waals surface area (Å²) in [5.41, 5.74) is 1.71. The lowest BCUT2D eigenvalue weighted by Gasteiger charge is -2.37. The molecule has 0 saturated heterocycles. The third kappa shape index (κ3) is 3.79. The van der Waals surface area contributed by atoms with Gasteiger partial charge in [0, 0.05) is 29.0 Å². The van der Waals surface area contributed by atoms with Gasteiger partial charge in [0.25, 0.3) is 0 Å². The molecule has 2 aliphatic carbocycles. The molecule has 1 heterocycles. The van der Waals surface area contributed by atoms with Crippen molar-refractivity contribution in [1.29, 1.82) is 0 Å². The molecule has 104 valence electrons. The molecule has 0 unspecified atom stereocenters. The summed E-state index contributed by atoms with van der Waals surface area (Å²) in [5, 5.41) is 3.76. The minimum Gasteiger partial charge on any atom is -0.313 e. The Hall–Kier alpha value is -0.410. The molecule has 0 aromatic carbocycles. The van der Waals surface area contributed by atoms with Gasteiger partial charge in [-0.15, -0.1) is 0 Å². The Kier molecular flexibility index (Phi) is 4.23. The van der Waals surface area contributed by atoms with Gasteiger partial charge in [0.15, 0.2) is 0 Å². The zero-order valence-electron chi connectivity index (χ0n) is 11.5. The van der Waals surface area contributed by atoms with Crippen LogP contribution in [0.5, 0.6) is 0 Å². The van der Waals surface area contributed by atoms with E-state index in [1.807, 2.05) is 6.20 Å². The van der Waals surface area contributed by atoms with E-state index in [-0.39, 0.29) is 0 Å². The first kappa shape index (κ1) is 13.6. The Labute approximate surface area is 124 Å². The normalized spacial score (nSPS) is 22.4. The van der Waals surface area contributed by atoms with Crippen LogP contribution < -0.4 is 5.32 Å². The van der Waals surface area contributed by atoms with Crippen LogP contribution in [0.2, 0.25) is 0 Å². The van der Waals surface area contributed by atoms with Crippen LogP contribution in [0.3, 0.4) is 0 Å². The van der Waals surface area contributed by atoms with Gasteiger partial charge in [0.05, 0.1) is 0 Å². The predicted molar refractivity (Wildman–Crippen MR) is 82.2 cm³/mol. The van der Waals surface area contributed by atoms with Gasteiger partial charge < -0.3 is 5.32 Å². The van der Waals surface area contributed by atoms with Gasteiger partial charge >= 0.3 is 0 Å². The fourth-order valence-electron chi connectivity index (χ4n) is 3.26. The van der Waals surface area contributed by atoms with Gasteiger partial charge in [-0.05, 0) is 65.6 Å². The molecule has 1 N–H and O–H groups in total. The first-order valence-corrected chi connectivity index (χ1v) is 8.39. The standard InChI is InChI=1S/C16H23BrN2/c17-13-4-5-15(18-11-13)10-16(8-2-1-3-9-16)12-19-14-6-7-14/h4-5,11,14,19H,1-3,6-10,12H2. The quantitative estimate of drug-likeness (QED) is 0.883. The highest BCUT2D eigenvalue weighted by Crippen LogP contribution is 2.39. The lowest BCUT2D eigenvalue weighted by atomic mass is 9.71. The minimum atomic E-state index is 0.460. The van der Waals surface area contributed by atoms with E-state index >= 15 is 0 Å². The molecule has 0 spiro atoms. The van der Waals surface area contributed by atoms with Crippen LogP contribution in [-0.4, -0.2) is 17.6 Å².